The van der Waals surface area contributed by atoms with Crippen molar-refractivity contribution in [1.29, 1.82) is 0 Å². The third-order valence-corrected chi connectivity index (χ3v) is 4.09. The van der Waals surface area contributed by atoms with Crippen molar-refractivity contribution in [1.82, 2.24) is 15.2 Å². The van der Waals surface area contributed by atoms with Gasteiger partial charge in [-0.1, -0.05) is 0 Å². The second-order valence-corrected chi connectivity index (χ2v) is 5.68. The highest BCUT2D eigenvalue weighted by Gasteiger charge is 2.37. The molecule has 1 fully saturated rings. The van der Waals surface area contributed by atoms with Crippen molar-refractivity contribution in [3.63, 3.8) is 0 Å². The van der Waals surface area contributed by atoms with Crippen LogP contribution in [0.4, 0.5) is 9.18 Å². The van der Waals surface area contributed by atoms with Crippen molar-refractivity contribution in [3.05, 3.63) is 35.8 Å². The quantitative estimate of drug-likeness (QED) is 0.699. The molecule has 2 aromatic rings. The molecule has 1 atom stereocenters. The standard InChI is InChI=1S/C16H16FN3O4/c17-10-1-2-12-11(7-10)9(8-18-12)5-6-20-15(23)13(19-16(20)24)3-4-14(21)22/h1-2,7-8,13,18H,3-6H2,(H,19,24)(H,21,22)/t13-/m1/s1. The van der Waals surface area contributed by atoms with Gasteiger partial charge in [-0.2, -0.15) is 0 Å². The number of carboxylic acid groups (broad SMARTS) is 1. The number of H-pyrrole nitrogens is 1. The molecule has 1 aliphatic heterocycles. The third kappa shape index (κ3) is 3.08. The van der Waals surface area contributed by atoms with Gasteiger partial charge in [-0.25, -0.2) is 9.18 Å². The van der Waals surface area contributed by atoms with Gasteiger partial charge in [0.1, 0.15) is 11.9 Å². The first-order valence-electron chi connectivity index (χ1n) is 7.55. The summed E-state index contributed by atoms with van der Waals surface area (Å²) in [5.74, 6) is -1.80. The fourth-order valence-electron chi connectivity index (χ4n) is 2.84. The number of carbonyl (C=O) groups is 3. The lowest BCUT2D eigenvalue weighted by atomic mass is 10.1. The Labute approximate surface area is 136 Å². The van der Waals surface area contributed by atoms with Crippen LogP contribution in [0.1, 0.15) is 18.4 Å². The van der Waals surface area contributed by atoms with Crippen LogP contribution in [-0.2, 0) is 16.0 Å². The minimum Gasteiger partial charge on any atom is -0.481 e. The molecule has 0 bridgehead atoms. The average molecular weight is 333 g/mol. The summed E-state index contributed by atoms with van der Waals surface area (Å²) in [5, 5.41) is 11.9. The highest BCUT2D eigenvalue weighted by Crippen LogP contribution is 2.21. The summed E-state index contributed by atoms with van der Waals surface area (Å²) in [6, 6.07) is 3.06. The van der Waals surface area contributed by atoms with Gasteiger partial charge in [-0.05, 0) is 36.6 Å². The number of fused-ring (bicyclic) bond motifs is 1. The van der Waals surface area contributed by atoms with E-state index < -0.39 is 23.9 Å². The summed E-state index contributed by atoms with van der Waals surface area (Å²) >= 11 is 0. The number of carboxylic acids is 1. The Kier molecular flexibility index (Phi) is 4.20. The van der Waals surface area contributed by atoms with E-state index in [4.69, 9.17) is 5.11 Å². The monoisotopic (exact) mass is 333 g/mol. The number of aliphatic carboxylic acids is 1. The van der Waals surface area contributed by atoms with Gasteiger partial charge in [-0.3, -0.25) is 14.5 Å². The van der Waals surface area contributed by atoms with E-state index in [1.807, 2.05) is 0 Å². The smallest absolute Gasteiger partial charge is 0.324 e. The van der Waals surface area contributed by atoms with E-state index in [-0.39, 0.29) is 25.2 Å². The van der Waals surface area contributed by atoms with Crippen molar-refractivity contribution >= 4 is 28.8 Å². The number of amides is 3. The van der Waals surface area contributed by atoms with Crippen LogP contribution in [0.2, 0.25) is 0 Å². The zero-order chi connectivity index (χ0) is 17.3. The second kappa shape index (κ2) is 6.31. The lowest BCUT2D eigenvalue weighted by Crippen LogP contribution is -2.33. The molecule has 0 aliphatic carbocycles. The summed E-state index contributed by atoms with van der Waals surface area (Å²) in [4.78, 5) is 38.8. The van der Waals surface area contributed by atoms with Crippen LogP contribution in [0.25, 0.3) is 10.9 Å². The van der Waals surface area contributed by atoms with Crippen LogP contribution in [0.15, 0.2) is 24.4 Å². The van der Waals surface area contributed by atoms with E-state index >= 15 is 0 Å². The maximum absolute atomic E-state index is 13.4. The first kappa shape index (κ1) is 16.0. The topological polar surface area (TPSA) is 102 Å². The molecule has 2 heterocycles. The molecule has 1 aliphatic rings. The highest BCUT2D eigenvalue weighted by molar-refractivity contribution is 6.04. The Hall–Kier alpha value is -2.90. The minimum atomic E-state index is -1.02. The number of rotatable bonds is 6. The second-order valence-electron chi connectivity index (χ2n) is 5.68. The fourth-order valence-corrected chi connectivity index (χ4v) is 2.84. The van der Waals surface area contributed by atoms with Crippen molar-refractivity contribution in [2.45, 2.75) is 25.3 Å². The molecule has 8 heteroatoms. The zero-order valence-corrected chi connectivity index (χ0v) is 12.7. The molecule has 24 heavy (non-hydrogen) atoms. The summed E-state index contributed by atoms with van der Waals surface area (Å²) in [5.41, 5.74) is 1.59. The van der Waals surface area contributed by atoms with E-state index in [2.05, 4.69) is 10.3 Å². The molecule has 0 unspecified atom stereocenters. The molecule has 7 nitrogen and oxygen atoms in total. The van der Waals surface area contributed by atoms with Gasteiger partial charge in [-0.15, -0.1) is 0 Å². The summed E-state index contributed by atoms with van der Waals surface area (Å²) < 4.78 is 13.4. The predicted octanol–water partition coefficient (Wildman–Crippen LogP) is 1.63. The van der Waals surface area contributed by atoms with Crippen LogP contribution in [-0.4, -0.2) is 45.5 Å². The number of nitrogens with zero attached hydrogens (tertiary/aromatic N) is 1. The Morgan fingerprint density at radius 2 is 2.12 bits per heavy atom. The van der Waals surface area contributed by atoms with Crippen LogP contribution < -0.4 is 5.32 Å². The normalized spacial score (nSPS) is 17.5. The first-order chi connectivity index (χ1) is 11.5. The van der Waals surface area contributed by atoms with Crippen LogP contribution in [0.5, 0.6) is 0 Å². The predicted molar refractivity (Wildman–Crippen MR) is 82.9 cm³/mol. The molecule has 1 aromatic carbocycles. The maximum Gasteiger partial charge on any atom is 0.324 e. The molecule has 126 valence electrons. The van der Waals surface area contributed by atoms with Gasteiger partial charge in [0, 0.05) is 30.1 Å². The van der Waals surface area contributed by atoms with Crippen molar-refractivity contribution in [2.75, 3.05) is 6.54 Å². The van der Waals surface area contributed by atoms with E-state index in [0.29, 0.717) is 11.8 Å². The fraction of sp³-hybridized carbons (Fsp3) is 0.312. The van der Waals surface area contributed by atoms with Crippen molar-refractivity contribution in [2.24, 2.45) is 0 Å². The van der Waals surface area contributed by atoms with Gasteiger partial charge in [0.25, 0.3) is 5.91 Å². The summed E-state index contributed by atoms with van der Waals surface area (Å²) in [6.07, 6.45) is 1.99. The average Bonchev–Trinajstić information content (AvgIpc) is 3.04. The number of hydrogen-bond acceptors (Lipinski definition) is 3. The number of imide groups is 1. The molecule has 3 rings (SSSR count). The van der Waals surface area contributed by atoms with Crippen LogP contribution >= 0.6 is 0 Å². The maximum atomic E-state index is 13.4. The summed E-state index contributed by atoms with van der Waals surface area (Å²) in [7, 11) is 0. The van der Waals surface area contributed by atoms with Crippen molar-refractivity contribution in [3.8, 4) is 0 Å². The van der Waals surface area contributed by atoms with E-state index in [0.717, 1.165) is 16.0 Å². The lowest BCUT2D eigenvalue weighted by molar-refractivity contribution is -0.137. The van der Waals surface area contributed by atoms with Gasteiger partial charge in [0.15, 0.2) is 0 Å². The van der Waals surface area contributed by atoms with E-state index in [9.17, 15) is 18.8 Å². The molecule has 0 radical (unpaired) electrons. The number of urea groups is 1. The number of carbonyl (C=O) groups excluding carboxylic acids is 2. The number of benzene rings is 1. The Morgan fingerprint density at radius 3 is 2.88 bits per heavy atom. The molecule has 1 saturated heterocycles. The lowest BCUT2D eigenvalue weighted by Gasteiger charge is -2.12. The first-order valence-corrected chi connectivity index (χ1v) is 7.55. The number of nitrogens with one attached hydrogen (secondary N) is 2. The van der Waals surface area contributed by atoms with Gasteiger partial charge < -0.3 is 15.4 Å². The zero-order valence-electron chi connectivity index (χ0n) is 12.7. The van der Waals surface area contributed by atoms with Gasteiger partial charge in [0.05, 0.1) is 0 Å². The van der Waals surface area contributed by atoms with Gasteiger partial charge >= 0.3 is 12.0 Å². The molecular weight excluding hydrogens is 317 g/mol. The van der Waals surface area contributed by atoms with E-state index in [1.54, 1.807) is 12.3 Å². The Bertz CT molecular complexity index is 817. The van der Waals surface area contributed by atoms with E-state index in [1.165, 1.54) is 12.1 Å². The Balaban J connectivity index is 1.67. The number of aromatic amines is 1. The molecule has 1 aromatic heterocycles. The van der Waals surface area contributed by atoms with Gasteiger partial charge in [0.2, 0.25) is 0 Å². The molecule has 3 N–H and O–H groups in total. The molecule has 0 saturated carbocycles. The molecule has 3 amide bonds. The van der Waals surface area contributed by atoms with Crippen LogP contribution in [0, 0.1) is 5.82 Å². The van der Waals surface area contributed by atoms with Crippen LogP contribution in [0.3, 0.4) is 0 Å². The molecular formula is C16H16FN3O4. The number of hydrogen-bond donors (Lipinski definition) is 3. The number of aromatic nitrogens is 1. The highest BCUT2D eigenvalue weighted by atomic mass is 19.1. The largest absolute Gasteiger partial charge is 0.481 e. The third-order valence-electron chi connectivity index (χ3n) is 4.09. The minimum absolute atomic E-state index is 0.0642. The van der Waals surface area contributed by atoms with Crippen molar-refractivity contribution < 1.29 is 23.9 Å². The number of halogens is 1. The SMILES string of the molecule is O=C(O)CC[C@H]1NC(=O)N(CCc2c[nH]c3ccc(F)cc23)C1=O. The Morgan fingerprint density at radius 1 is 1.33 bits per heavy atom. The molecule has 0 spiro atoms. The summed E-state index contributed by atoms with van der Waals surface area (Å²) in [6.45, 7) is 0.151.